The normalized spacial score (nSPS) is 24.6. The summed E-state index contributed by atoms with van der Waals surface area (Å²) in [6.07, 6.45) is 8.35. The number of pyridine rings is 1. The Bertz CT molecular complexity index is 1290. The summed E-state index contributed by atoms with van der Waals surface area (Å²) in [4.78, 5) is 26.2. The number of carbonyl (C=O) groups excluding carboxylic acids is 1. The number of nitrogens with two attached hydrogens (primary N) is 1. The first-order valence-corrected chi connectivity index (χ1v) is 18.5. The largest absolute Gasteiger partial charge is 0.381 e. The number of rotatable bonds is 15. The lowest BCUT2D eigenvalue weighted by Crippen LogP contribution is -2.59. The number of hydrogen-bond acceptors (Lipinski definition) is 7. The summed E-state index contributed by atoms with van der Waals surface area (Å²) in [5.41, 5.74) is 9.66. The standard InChI is InChI=1S/C38H56F2N6O2/c39-38(40)16-13-32(14-17-38)37(47)43-34(30-8-2-1-3-9-30)15-21-44-22-23-45(24-29-27-48-28-29)33(25-44)26-46(20-5-4-18-41)35-12-6-10-31-11-7-19-42-36(31)35/h1-3,7-9,11,19,29,32-35H,4-6,10,12-18,20-28,41H2,(H,43,47)/t33-,34+,35+/m1/s1. The minimum atomic E-state index is -2.64. The molecular formula is C38H56F2N6O2. The van der Waals surface area contributed by atoms with Crippen LogP contribution < -0.4 is 11.1 Å². The average molecular weight is 667 g/mol. The minimum absolute atomic E-state index is 0.0840. The molecule has 3 fully saturated rings. The second-order valence-electron chi connectivity index (χ2n) is 14.7. The van der Waals surface area contributed by atoms with Crippen LogP contribution in [0.1, 0.15) is 86.7 Å². The number of fused-ring (bicyclic) bond motifs is 1. The van der Waals surface area contributed by atoms with Crippen LogP contribution in [-0.2, 0) is 16.0 Å². The van der Waals surface area contributed by atoms with Crippen molar-refractivity contribution in [1.82, 2.24) is 25.0 Å². The molecule has 0 radical (unpaired) electrons. The fourth-order valence-electron chi connectivity index (χ4n) is 8.25. The average Bonchev–Trinajstić information content (AvgIpc) is 3.08. The van der Waals surface area contributed by atoms with E-state index in [0.717, 1.165) is 96.7 Å². The van der Waals surface area contributed by atoms with Crippen molar-refractivity contribution in [3.05, 3.63) is 65.5 Å². The van der Waals surface area contributed by atoms with Crippen LogP contribution in [0.3, 0.4) is 0 Å². The number of amides is 1. The third-order valence-electron chi connectivity index (χ3n) is 11.2. The summed E-state index contributed by atoms with van der Waals surface area (Å²) in [6.45, 7) is 9.31. The van der Waals surface area contributed by atoms with E-state index >= 15 is 0 Å². The van der Waals surface area contributed by atoms with Crippen LogP contribution in [0, 0.1) is 11.8 Å². The molecule has 1 aromatic carbocycles. The Morgan fingerprint density at radius 1 is 1.08 bits per heavy atom. The summed E-state index contributed by atoms with van der Waals surface area (Å²) in [7, 11) is 0. The third kappa shape index (κ3) is 9.38. The Morgan fingerprint density at radius 2 is 1.90 bits per heavy atom. The molecule has 2 aliphatic heterocycles. The van der Waals surface area contributed by atoms with E-state index in [9.17, 15) is 13.6 Å². The van der Waals surface area contributed by atoms with Crippen LogP contribution >= 0.6 is 0 Å². The van der Waals surface area contributed by atoms with Gasteiger partial charge in [-0.1, -0.05) is 36.4 Å². The van der Waals surface area contributed by atoms with E-state index in [-0.39, 0.29) is 43.6 Å². The first kappa shape index (κ1) is 35.3. The Hall–Kier alpha value is -2.50. The highest BCUT2D eigenvalue weighted by Crippen LogP contribution is 2.37. The predicted molar refractivity (Wildman–Crippen MR) is 185 cm³/mol. The lowest BCUT2D eigenvalue weighted by atomic mass is 9.86. The maximum absolute atomic E-state index is 13.8. The number of carbonyl (C=O) groups is 1. The monoisotopic (exact) mass is 666 g/mol. The van der Waals surface area contributed by atoms with Gasteiger partial charge < -0.3 is 20.7 Å². The van der Waals surface area contributed by atoms with Crippen LogP contribution in [0.25, 0.3) is 0 Å². The topological polar surface area (TPSA) is 87.0 Å². The maximum atomic E-state index is 13.8. The first-order valence-electron chi connectivity index (χ1n) is 18.5. The van der Waals surface area contributed by atoms with Crippen LogP contribution in [0.4, 0.5) is 8.78 Å². The number of nitrogens with one attached hydrogen (secondary N) is 1. The van der Waals surface area contributed by atoms with E-state index in [1.54, 1.807) is 0 Å². The van der Waals surface area contributed by atoms with Crippen molar-refractivity contribution in [3.63, 3.8) is 0 Å². The lowest BCUT2D eigenvalue weighted by molar-refractivity contribution is -0.130. The zero-order valence-electron chi connectivity index (χ0n) is 28.6. The van der Waals surface area contributed by atoms with Gasteiger partial charge in [-0.2, -0.15) is 0 Å². The predicted octanol–water partition coefficient (Wildman–Crippen LogP) is 5.21. The van der Waals surface area contributed by atoms with Gasteiger partial charge in [-0.25, -0.2) is 8.78 Å². The second-order valence-corrected chi connectivity index (χ2v) is 14.7. The molecule has 0 bridgehead atoms. The highest BCUT2D eigenvalue weighted by Gasteiger charge is 2.38. The van der Waals surface area contributed by atoms with Crippen molar-refractivity contribution in [2.75, 3.05) is 65.6 Å². The number of ether oxygens (including phenoxy) is 1. The molecular weight excluding hydrogens is 610 g/mol. The van der Waals surface area contributed by atoms with Crippen molar-refractivity contribution < 1.29 is 18.3 Å². The zero-order valence-corrected chi connectivity index (χ0v) is 28.6. The number of unbranched alkanes of at least 4 members (excludes halogenated alkanes) is 1. The molecule has 1 amide bonds. The van der Waals surface area contributed by atoms with Gasteiger partial charge in [0.2, 0.25) is 11.8 Å². The molecule has 6 rings (SSSR count). The summed E-state index contributed by atoms with van der Waals surface area (Å²) in [5, 5.41) is 3.28. The van der Waals surface area contributed by atoms with E-state index < -0.39 is 5.92 Å². The number of hydrogen-bond donors (Lipinski definition) is 2. The molecule has 2 aromatic rings. The van der Waals surface area contributed by atoms with Crippen LogP contribution in [0.5, 0.6) is 0 Å². The Morgan fingerprint density at radius 3 is 2.65 bits per heavy atom. The first-order chi connectivity index (χ1) is 23.4. The highest BCUT2D eigenvalue weighted by molar-refractivity contribution is 5.79. The number of benzene rings is 1. The molecule has 48 heavy (non-hydrogen) atoms. The highest BCUT2D eigenvalue weighted by atomic mass is 19.3. The number of alkyl halides is 2. The third-order valence-corrected chi connectivity index (χ3v) is 11.2. The second kappa shape index (κ2) is 16.9. The maximum Gasteiger partial charge on any atom is 0.248 e. The Balaban J connectivity index is 1.14. The number of aromatic nitrogens is 1. The van der Waals surface area contributed by atoms with Gasteiger partial charge in [0, 0.05) is 76.2 Å². The smallest absolute Gasteiger partial charge is 0.248 e. The summed E-state index contributed by atoms with van der Waals surface area (Å²) >= 11 is 0. The summed E-state index contributed by atoms with van der Waals surface area (Å²) < 4.78 is 33.2. The minimum Gasteiger partial charge on any atom is -0.381 e. The van der Waals surface area contributed by atoms with E-state index in [4.69, 9.17) is 15.5 Å². The van der Waals surface area contributed by atoms with Gasteiger partial charge in [-0.15, -0.1) is 0 Å². The molecule has 2 aliphatic carbocycles. The molecule has 0 unspecified atom stereocenters. The summed E-state index contributed by atoms with van der Waals surface area (Å²) in [5.74, 6) is -2.47. The molecule has 3 N–H and O–H groups in total. The molecule has 3 heterocycles. The molecule has 264 valence electrons. The molecule has 1 aromatic heterocycles. The quantitative estimate of drug-likeness (QED) is 0.253. The van der Waals surface area contributed by atoms with E-state index in [1.165, 1.54) is 17.7 Å². The van der Waals surface area contributed by atoms with E-state index in [0.29, 0.717) is 24.5 Å². The van der Waals surface area contributed by atoms with Crippen molar-refractivity contribution in [2.45, 2.75) is 88.3 Å². The molecule has 4 aliphatic rings. The van der Waals surface area contributed by atoms with Gasteiger partial charge in [0.15, 0.2) is 0 Å². The molecule has 0 spiro atoms. The van der Waals surface area contributed by atoms with Crippen LogP contribution in [0.2, 0.25) is 0 Å². The Kier molecular flexibility index (Phi) is 12.5. The Labute approximate surface area is 285 Å². The number of halogens is 2. The number of aryl methyl sites for hydroxylation is 1. The fourth-order valence-corrected chi connectivity index (χ4v) is 8.25. The van der Waals surface area contributed by atoms with Gasteiger partial charge in [-0.05, 0) is 81.6 Å². The lowest BCUT2D eigenvalue weighted by Gasteiger charge is -2.47. The molecule has 1 saturated carbocycles. The van der Waals surface area contributed by atoms with Crippen LogP contribution in [-0.4, -0.2) is 103 Å². The van der Waals surface area contributed by atoms with Crippen LogP contribution in [0.15, 0.2) is 48.7 Å². The zero-order chi connectivity index (χ0) is 33.3. The van der Waals surface area contributed by atoms with E-state index in [1.807, 2.05) is 24.4 Å². The number of piperazine rings is 1. The van der Waals surface area contributed by atoms with Gasteiger partial charge in [0.1, 0.15) is 0 Å². The molecule has 2 saturated heterocycles. The van der Waals surface area contributed by atoms with Gasteiger partial charge in [-0.3, -0.25) is 19.6 Å². The summed E-state index contributed by atoms with van der Waals surface area (Å²) in [6, 6.07) is 15.0. The SMILES string of the molecule is NCCCCN(C[C@H]1CN(CC[C@H](NC(=O)C2CCC(F)(F)CC2)c2ccccc2)CCN1CC1COC1)[C@H]1CCCc2cccnc21. The number of nitrogens with zero attached hydrogens (tertiary/aromatic N) is 4. The molecule has 8 nitrogen and oxygen atoms in total. The molecule has 3 atom stereocenters. The van der Waals surface area contributed by atoms with Gasteiger partial charge in [0.25, 0.3) is 0 Å². The fraction of sp³-hybridized carbons (Fsp3) is 0.684. The van der Waals surface area contributed by atoms with Gasteiger partial charge >= 0.3 is 0 Å². The van der Waals surface area contributed by atoms with Crippen molar-refractivity contribution in [2.24, 2.45) is 17.6 Å². The van der Waals surface area contributed by atoms with Crippen molar-refractivity contribution in [3.8, 4) is 0 Å². The molecule has 10 heteroatoms. The van der Waals surface area contributed by atoms with E-state index in [2.05, 4.69) is 44.3 Å². The van der Waals surface area contributed by atoms with Crippen molar-refractivity contribution >= 4 is 5.91 Å². The van der Waals surface area contributed by atoms with Crippen molar-refractivity contribution in [1.29, 1.82) is 0 Å². The van der Waals surface area contributed by atoms with Gasteiger partial charge in [0.05, 0.1) is 31.0 Å².